The van der Waals surface area contributed by atoms with E-state index in [-0.39, 0.29) is 5.91 Å². The number of benzene rings is 1. The second-order valence-electron chi connectivity index (χ2n) is 5.62. The number of anilines is 1. The second-order valence-corrected chi connectivity index (χ2v) is 6.48. The lowest BCUT2D eigenvalue weighted by molar-refractivity contribution is -0.115. The van der Waals surface area contributed by atoms with Crippen LogP contribution in [0.1, 0.15) is 19.8 Å². The molecule has 1 fully saturated rings. The van der Waals surface area contributed by atoms with Gasteiger partial charge in [-0.15, -0.1) is 11.3 Å². The van der Waals surface area contributed by atoms with Gasteiger partial charge in [-0.2, -0.15) is 0 Å². The predicted octanol–water partition coefficient (Wildman–Crippen LogP) is 3.15. The third-order valence-corrected chi connectivity index (χ3v) is 4.38. The number of nitrogens with zero attached hydrogens (tertiary/aromatic N) is 1. The molecule has 1 aliphatic carbocycles. The molecule has 1 heterocycles. The van der Waals surface area contributed by atoms with E-state index >= 15 is 0 Å². The highest BCUT2D eigenvalue weighted by Gasteiger charge is 2.20. The number of carbonyl (C=O) groups is 1. The van der Waals surface area contributed by atoms with Crippen LogP contribution in [0.4, 0.5) is 5.13 Å². The summed E-state index contributed by atoms with van der Waals surface area (Å²) in [5, 5.41) is 8.59. The number of hydrogen-bond acceptors (Lipinski definition) is 5. The lowest BCUT2D eigenvalue weighted by Crippen LogP contribution is -2.29. The number of hydrogen-bond donors (Lipinski definition) is 2. The zero-order valence-corrected chi connectivity index (χ0v) is 14.0. The van der Waals surface area contributed by atoms with Crippen LogP contribution in [0.15, 0.2) is 29.6 Å². The Morgan fingerprint density at radius 2 is 2.13 bits per heavy atom. The van der Waals surface area contributed by atoms with Gasteiger partial charge in [0.15, 0.2) is 5.13 Å². The average molecular weight is 331 g/mol. The molecule has 0 aliphatic heterocycles. The molecule has 0 radical (unpaired) electrons. The van der Waals surface area contributed by atoms with Crippen LogP contribution in [0.2, 0.25) is 0 Å². The van der Waals surface area contributed by atoms with Crippen molar-refractivity contribution >= 4 is 22.4 Å². The number of amides is 1. The number of aromatic nitrogens is 1. The van der Waals surface area contributed by atoms with E-state index in [1.807, 2.05) is 36.6 Å². The summed E-state index contributed by atoms with van der Waals surface area (Å²) < 4.78 is 5.43. The van der Waals surface area contributed by atoms with Gasteiger partial charge in [-0.3, -0.25) is 4.79 Å². The van der Waals surface area contributed by atoms with Crippen molar-refractivity contribution in [2.45, 2.75) is 19.8 Å². The molecular weight excluding hydrogens is 310 g/mol. The molecule has 2 aromatic rings. The maximum atomic E-state index is 11.9. The van der Waals surface area contributed by atoms with Crippen molar-refractivity contribution in [2.24, 2.45) is 5.92 Å². The minimum atomic E-state index is -0.0433. The summed E-state index contributed by atoms with van der Waals surface area (Å²) in [6.07, 6.45) is 2.57. The first kappa shape index (κ1) is 16.0. The third-order valence-electron chi connectivity index (χ3n) is 3.63. The molecule has 122 valence electrons. The molecule has 1 amide bonds. The minimum Gasteiger partial charge on any atom is -0.494 e. The van der Waals surface area contributed by atoms with Crippen LogP contribution >= 0.6 is 11.3 Å². The standard InChI is InChI=1S/C17H21N3O2S/c1-2-22-14-7-5-13(6-8-14)15-11-23-17(19-15)20-16(21)10-18-9-12-3-4-12/h5-8,11-12,18H,2-4,9-10H2,1H3,(H,19,20,21). The number of ether oxygens (including phenoxy) is 1. The zero-order valence-electron chi connectivity index (χ0n) is 13.2. The van der Waals surface area contributed by atoms with Crippen LogP contribution in [-0.4, -0.2) is 30.6 Å². The highest BCUT2D eigenvalue weighted by atomic mass is 32.1. The largest absolute Gasteiger partial charge is 0.494 e. The lowest BCUT2D eigenvalue weighted by Gasteiger charge is -2.04. The molecule has 0 bridgehead atoms. The van der Waals surface area contributed by atoms with Crippen LogP contribution in [0, 0.1) is 5.92 Å². The number of thiazole rings is 1. The topological polar surface area (TPSA) is 63.2 Å². The van der Waals surface area contributed by atoms with E-state index in [1.165, 1.54) is 24.2 Å². The van der Waals surface area contributed by atoms with Crippen molar-refractivity contribution < 1.29 is 9.53 Å². The van der Waals surface area contributed by atoms with Crippen molar-refractivity contribution in [3.63, 3.8) is 0 Å². The van der Waals surface area contributed by atoms with Gasteiger partial charge in [0.1, 0.15) is 5.75 Å². The van der Waals surface area contributed by atoms with Crippen molar-refractivity contribution in [1.82, 2.24) is 10.3 Å². The fraction of sp³-hybridized carbons (Fsp3) is 0.412. The molecule has 3 rings (SSSR count). The Labute approximate surface area is 140 Å². The molecular formula is C17H21N3O2S. The zero-order chi connectivity index (χ0) is 16.1. The van der Waals surface area contributed by atoms with Gasteiger partial charge in [-0.05, 0) is 56.5 Å². The Morgan fingerprint density at radius 3 is 2.83 bits per heavy atom. The van der Waals surface area contributed by atoms with Crippen LogP contribution in [-0.2, 0) is 4.79 Å². The van der Waals surface area contributed by atoms with Gasteiger partial charge in [0.05, 0.1) is 18.8 Å². The molecule has 1 aliphatic rings. The summed E-state index contributed by atoms with van der Waals surface area (Å²) in [7, 11) is 0. The first-order valence-corrected chi connectivity index (χ1v) is 8.82. The van der Waals surface area contributed by atoms with Gasteiger partial charge >= 0.3 is 0 Å². The van der Waals surface area contributed by atoms with Gasteiger partial charge in [0, 0.05) is 10.9 Å². The maximum absolute atomic E-state index is 11.9. The maximum Gasteiger partial charge on any atom is 0.240 e. The van der Waals surface area contributed by atoms with Gasteiger partial charge in [-0.25, -0.2) is 4.98 Å². The molecule has 5 nitrogen and oxygen atoms in total. The Hall–Kier alpha value is -1.92. The van der Waals surface area contributed by atoms with E-state index < -0.39 is 0 Å². The molecule has 1 saturated carbocycles. The summed E-state index contributed by atoms with van der Waals surface area (Å²) in [6, 6.07) is 7.81. The monoisotopic (exact) mass is 331 g/mol. The lowest BCUT2D eigenvalue weighted by atomic mass is 10.2. The SMILES string of the molecule is CCOc1ccc(-c2csc(NC(=O)CNCC3CC3)n2)cc1. The van der Waals surface area contributed by atoms with Gasteiger partial charge in [0.25, 0.3) is 0 Å². The average Bonchev–Trinajstić information content (AvgIpc) is 3.26. The summed E-state index contributed by atoms with van der Waals surface area (Å²) in [5.41, 5.74) is 1.87. The molecule has 1 aromatic carbocycles. The number of rotatable bonds is 8. The summed E-state index contributed by atoms with van der Waals surface area (Å²) in [5.74, 6) is 1.58. The Kier molecular flexibility index (Phi) is 5.25. The van der Waals surface area contributed by atoms with Crippen molar-refractivity contribution in [1.29, 1.82) is 0 Å². The fourth-order valence-electron chi connectivity index (χ4n) is 2.23. The fourth-order valence-corrected chi connectivity index (χ4v) is 2.96. The molecule has 0 saturated heterocycles. The normalized spacial score (nSPS) is 13.8. The Morgan fingerprint density at radius 1 is 1.35 bits per heavy atom. The summed E-state index contributed by atoms with van der Waals surface area (Å²) in [4.78, 5) is 16.3. The molecule has 0 unspecified atom stereocenters. The van der Waals surface area contributed by atoms with Gasteiger partial charge in [-0.1, -0.05) is 0 Å². The molecule has 6 heteroatoms. The second kappa shape index (κ2) is 7.57. The minimum absolute atomic E-state index is 0.0433. The third kappa shape index (κ3) is 4.77. The molecule has 2 N–H and O–H groups in total. The summed E-state index contributed by atoms with van der Waals surface area (Å²) >= 11 is 1.44. The smallest absolute Gasteiger partial charge is 0.240 e. The molecule has 1 aromatic heterocycles. The van der Waals surface area contributed by atoms with Gasteiger partial charge in [0.2, 0.25) is 5.91 Å². The van der Waals surface area contributed by atoms with E-state index in [0.29, 0.717) is 18.3 Å². The summed E-state index contributed by atoms with van der Waals surface area (Å²) in [6.45, 7) is 3.89. The first-order chi connectivity index (χ1) is 11.2. The highest BCUT2D eigenvalue weighted by Crippen LogP contribution is 2.28. The predicted molar refractivity (Wildman–Crippen MR) is 92.9 cm³/mol. The molecule has 0 atom stereocenters. The van der Waals surface area contributed by atoms with Crippen LogP contribution in [0.3, 0.4) is 0 Å². The number of carbonyl (C=O) groups excluding carboxylic acids is 1. The molecule has 0 spiro atoms. The highest BCUT2D eigenvalue weighted by molar-refractivity contribution is 7.14. The van der Waals surface area contributed by atoms with E-state index in [0.717, 1.165) is 29.5 Å². The van der Waals surface area contributed by atoms with Crippen molar-refractivity contribution in [3.05, 3.63) is 29.6 Å². The molecule has 23 heavy (non-hydrogen) atoms. The van der Waals surface area contributed by atoms with E-state index in [4.69, 9.17) is 4.74 Å². The van der Waals surface area contributed by atoms with E-state index in [1.54, 1.807) is 0 Å². The Balaban J connectivity index is 1.53. The Bertz CT molecular complexity index is 650. The van der Waals surface area contributed by atoms with E-state index in [2.05, 4.69) is 15.6 Å². The first-order valence-electron chi connectivity index (χ1n) is 7.94. The van der Waals surface area contributed by atoms with Crippen molar-refractivity contribution in [2.75, 3.05) is 25.0 Å². The van der Waals surface area contributed by atoms with Crippen LogP contribution in [0.25, 0.3) is 11.3 Å². The van der Waals surface area contributed by atoms with Crippen LogP contribution < -0.4 is 15.4 Å². The van der Waals surface area contributed by atoms with Gasteiger partial charge < -0.3 is 15.4 Å². The quantitative estimate of drug-likeness (QED) is 0.780. The van der Waals surface area contributed by atoms with E-state index in [9.17, 15) is 4.79 Å². The number of nitrogens with one attached hydrogen (secondary N) is 2. The van der Waals surface area contributed by atoms with Crippen molar-refractivity contribution in [3.8, 4) is 17.0 Å². The van der Waals surface area contributed by atoms with Crippen LogP contribution in [0.5, 0.6) is 5.75 Å².